The Morgan fingerprint density at radius 2 is 2.00 bits per heavy atom. The van der Waals surface area contributed by atoms with Crippen LogP contribution >= 0.6 is 0 Å². The van der Waals surface area contributed by atoms with Gasteiger partial charge in [-0.3, -0.25) is 9.48 Å². The van der Waals surface area contributed by atoms with E-state index >= 15 is 0 Å². The van der Waals surface area contributed by atoms with Crippen LogP contribution in [0.2, 0.25) is 0 Å². The molecule has 1 unspecified atom stereocenters. The fourth-order valence-electron chi connectivity index (χ4n) is 3.42. The summed E-state index contributed by atoms with van der Waals surface area (Å²) in [4.78, 5) is 14.3. The molecule has 0 bridgehead atoms. The number of nitrogens with zero attached hydrogens (tertiary/aromatic N) is 3. The molecule has 0 saturated carbocycles. The van der Waals surface area contributed by atoms with Crippen LogP contribution in [-0.4, -0.2) is 33.7 Å². The second kappa shape index (κ2) is 6.57. The summed E-state index contributed by atoms with van der Waals surface area (Å²) in [6.07, 6.45) is 6.44. The zero-order valence-corrected chi connectivity index (χ0v) is 14.0. The smallest absolute Gasteiger partial charge is 0.222 e. The third kappa shape index (κ3) is 3.63. The van der Waals surface area contributed by atoms with Crippen molar-refractivity contribution in [1.82, 2.24) is 14.7 Å². The molecule has 2 aromatic rings. The number of rotatable bonds is 5. The zero-order chi connectivity index (χ0) is 16.3. The predicted octanol–water partition coefficient (Wildman–Crippen LogP) is 3.16. The van der Waals surface area contributed by atoms with Crippen LogP contribution in [0.5, 0.6) is 0 Å². The molecule has 1 atom stereocenters. The normalized spacial score (nSPS) is 21.7. The first kappa shape index (κ1) is 15.8. The molecule has 1 fully saturated rings. The lowest BCUT2D eigenvalue weighted by atomic mass is 9.75. The first-order chi connectivity index (χ1) is 11.1. The molecule has 1 amide bonds. The summed E-state index contributed by atoms with van der Waals surface area (Å²) < 4.78 is 1.96. The number of likely N-dealkylation sites (tertiary alicyclic amines) is 1. The lowest BCUT2D eigenvalue weighted by molar-refractivity contribution is -0.135. The van der Waals surface area contributed by atoms with Crippen molar-refractivity contribution < 1.29 is 4.79 Å². The predicted molar refractivity (Wildman–Crippen MR) is 91.2 cm³/mol. The maximum atomic E-state index is 12.3. The minimum Gasteiger partial charge on any atom is -0.342 e. The molecule has 1 saturated heterocycles. The van der Waals surface area contributed by atoms with Gasteiger partial charge in [0, 0.05) is 37.7 Å². The monoisotopic (exact) mass is 311 g/mol. The first-order valence-corrected chi connectivity index (χ1v) is 8.39. The summed E-state index contributed by atoms with van der Waals surface area (Å²) in [5.74, 6) is 0.287. The van der Waals surface area contributed by atoms with Crippen LogP contribution in [0.15, 0.2) is 42.7 Å². The summed E-state index contributed by atoms with van der Waals surface area (Å²) in [5.41, 5.74) is 2.58. The van der Waals surface area contributed by atoms with Gasteiger partial charge in [-0.15, -0.1) is 0 Å². The molecule has 4 heteroatoms. The van der Waals surface area contributed by atoms with Gasteiger partial charge in [0.15, 0.2) is 0 Å². The van der Waals surface area contributed by atoms with Crippen molar-refractivity contribution in [3.63, 3.8) is 0 Å². The SMILES string of the molecule is Cc1cnn(CCCN2CC(C)(c3ccccc3)CCC2=O)c1. The van der Waals surface area contributed by atoms with Crippen molar-refractivity contribution in [2.24, 2.45) is 0 Å². The summed E-state index contributed by atoms with van der Waals surface area (Å²) in [6, 6.07) is 10.6. The number of piperidine rings is 1. The average molecular weight is 311 g/mol. The van der Waals surface area contributed by atoms with Gasteiger partial charge in [-0.1, -0.05) is 37.3 Å². The third-order valence-corrected chi connectivity index (χ3v) is 4.83. The van der Waals surface area contributed by atoms with Crippen molar-refractivity contribution >= 4 is 5.91 Å². The number of carbonyl (C=O) groups is 1. The molecular weight excluding hydrogens is 286 g/mol. The summed E-state index contributed by atoms with van der Waals surface area (Å²) >= 11 is 0. The van der Waals surface area contributed by atoms with Gasteiger partial charge in [-0.05, 0) is 30.9 Å². The highest BCUT2D eigenvalue weighted by Crippen LogP contribution is 2.34. The van der Waals surface area contributed by atoms with Crippen LogP contribution in [-0.2, 0) is 16.8 Å². The summed E-state index contributed by atoms with van der Waals surface area (Å²) in [7, 11) is 0. The lowest BCUT2D eigenvalue weighted by Gasteiger charge is -2.40. The van der Waals surface area contributed by atoms with E-state index in [-0.39, 0.29) is 11.3 Å². The third-order valence-electron chi connectivity index (χ3n) is 4.83. The van der Waals surface area contributed by atoms with Crippen LogP contribution < -0.4 is 0 Å². The number of benzene rings is 1. The van der Waals surface area contributed by atoms with Gasteiger partial charge in [0.1, 0.15) is 0 Å². The number of amides is 1. The molecule has 2 heterocycles. The van der Waals surface area contributed by atoms with E-state index in [1.807, 2.05) is 35.0 Å². The van der Waals surface area contributed by atoms with Gasteiger partial charge in [-0.25, -0.2) is 0 Å². The molecule has 0 N–H and O–H groups in total. The van der Waals surface area contributed by atoms with Crippen molar-refractivity contribution in [1.29, 1.82) is 0 Å². The first-order valence-electron chi connectivity index (χ1n) is 8.39. The molecule has 0 spiro atoms. The van der Waals surface area contributed by atoms with Crippen LogP contribution in [0, 0.1) is 6.92 Å². The van der Waals surface area contributed by atoms with Gasteiger partial charge in [-0.2, -0.15) is 5.10 Å². The second-order valence-electron chi connectivity index (χ2n) is 6.88. The lowest BCUT2D eigenvalue weighted by Crippen LogP contribution is -2.47. The molecule has 1 aromatic heterocycles. The van der Waals surface area contributed by atoms with Crippen molar-refractivity contribution in [3.8, 4) is 0 Å². The highest BCUT2D eigenvalue weighted by molar-refractivity contribution is 5.77. The van der Waals surface area contributed by atoms with Gasteiger partial charge in [0.2, 0.25) is 5.91 Å². The minimum atomic E-state index is 0.0669. The molecule has 1 aliphatic heterocycles. The molecule has 0 radical (unpaired) electrons. The number of hydrogen-bond donors (Lipinski definition) is 0. The molecule has 4 nitrogen and oxygen atoms in total. The Morgan fingerprint density at radius 1 is 1.22 bits per heavy atom. The Labute approximate surface area is 138 Å². The molecule has 1 aliphatic rings. The Kier molecular flexibility index (Phi) is 4.51. The topological polar surface area (TPSA) is 38.1 Å². The number of carbonyl (C=O) groups excluding carboxylic acids is 1. The fourth-order valence-corrected chi connectivity index (χ4v) is 3.42. The molecular formula is C19H25N3O. The van der Waals surface area contributed by atoms with E-state index < -0.39 is 0 Å². The molecule has 122 valence electrons. The largest absolute Gasteiger partial charge is 0.342 e. The highest BCUT2D eigenvalue weighted by Gasteiger charge is 2.35. The van der Waals surface area contributed by atoms with Crippen molar-refractivity contribution in [3.05, 3.63) is 53.9 Å². The van der Waals surface area contributed by atoms with Crippen molar-refractivity contribution in [2.75, 3.05) is 13.1 Å². The zero-order valence-electron chi connectivity index (χ0n) is 14.0. The number of aromatic nitrogens is 2. The Hall–Kier alpha value is -2.10. The maximum Gasteiger partial charge on any atom is 0.222 e. The number of aryl methyl sites for hydroxylation is 2. The highest BCUT2D eigenvalue weighted by atomic mass is 16.2. The van der Waals surface area contributed by atoms with Gasteiger partial charge in [0.05, 0.1) is 6.20 Å². The van der Waals surface area contributed by atoms with E-state index in [0.717, 1.165) is 32.5 Å². The van der Waals surface area contributed by atoms with Crippen LogP contribution in [0.3, 0.4) is 0 Å². The Balaban J connectivity index is 1.61. The van der Waals surface area contributed by atoms with E-state index in [0.29, 0.717) is 6.42 Å². The van der Waals surface area contributed by atoms with E-state index in [1.165, 1.54) is 11.1 Å². The molecule has 1 aromatic carbocycles. The van der Waals surface area contributed by atoms with Gasteiger partial charge < -0.3 is 4.90 Å². The number of hydrogen-bond acceptors (Lipinski definition) is 2. The molecule has 23 heavy (non-hydrogen) atoms. The Bertz CT molecular complexity index is 664. The van der Waals surface area contributed by atoms with Crippen LogP contribution in [0.25, 0.3) is 0 Å². The quantitative estimate of drug-likeness (QED) is 0.850. The average Bonchev–Trinajstić information content (AvgIpc) is 2.97. The fraction of sp³-hybridized carbons (Fsp3) is 0.474. The van der Waals surface area contributed by atoms with Crippen LogP contribution in [0.1, 0.15) is 37.3 Å². The van der Waals surface area contributed by atoms with E-state index in [2.05, 4.69) is 36.3 Å². The van der Waals surface area contributed by atoms with E-state index in [9.17, 15) is 4.79 Å². The maximum absolute atomic E-state index is 12.3. The van der Waals surface area contributed by atoms with E-state index in [1.54, 1.807) is 0 Å². The summed E-state index contributed by atoms with van der Waals surface area (Å²) in [5, 5.41) is 4.31. The van der Waals surface area contributed by atoms with Crippen molar-refractivity contribution in [2.45, 2.75) is 45.1 Å². The van der Waals surface area contributed by atoms with Crippen LogP contribution in [0.4, 0.5) is 0 Å². The molecule has 3 rings (SSSR count). The minimum absolute atomic E-state index is 0.0669. The van der Waals surface area contributed by atoms with Gasteiger partial charge >= 0.3 is 0 Å². The second-order valence-corrected chi connectivity index (χ2v) is 6.88. The standard InChI is InChI=1S/C19H25N3O/c1-16-13-20-22(14-16)12-6-11-21-15-19(2,10-9-18(21)23)17-7-4-3-5-8-17/h3-5,7-8,13-14H,6,9-12,15H2,1-2H3. The van der Waals surface area contributed by atoms with Gasteiger partial charge in [0.25, 0.3) is 0 Å². The summed E-state index contributed by atoms with van der Waals surface area (Å²) in [6.45, 7) is 6.80. The molecule has 0 aliphatic carbocycles. The Morgan fingerprint density at radius 3 is 2.70 bits per heavy atom. The van der Waals surface area contributed by atoms with E-state index in [4.69, 9.17) is 0 Å².